The highest BCUT2D eigenvalue weighted by molar-refractivity contribution is 6.30. The van der Waals surface area contributed by atoms with Crippen LogP contribution in [-0.4, -0.2) is 66.2 Å². The second-order valence-electron chi connectivity index (χ2n) is 8.69. The molecular formula is C26H32ClFN2O5. The number of nitrogens with zero attached hydrogens (tertiary/aromatic N) is 2. The lowest BCUT2D eigenvalue weighted by molar-refractivity contribution is -0.150. The molecule has 1 aliphatic rings. The number of hydrogen-bond acceptors (Lipinski definition) is 6. The molecule has 1 heterocycles. The zero-order valence-corrected chi connectivity index (χ0v) is 21.3. The molecule has 0 aromatic heterocycles. The molecule has 0 spiro atoms. The molecule has 190 valence electrons. The molecule has 1 unspecified atom stereocenters. The molecule has 0 N–H and O–H groups in total. The van der Waals surface area contributed by atoms with E-state index in [1.54, 1.807) is 38.1 Å². The number of amides is 1. The largest absolute Gasteiger partial charge is 0.480 e. The van der Waals surface area contributed by atoms with Gasteiger partial charge >= 0.3 is 5.97 Å². The summed E-state index contributed by atoms with van der Waals surface area (Å²) < 4.78 is 29.7. The summed E-state index contributed by atoms with van der Waals surface area (Å²) in [5.74, 6) is -0.331. The summed E-state index contributed by atoms with van der Waals surface area (Å²) in [5.41, 5.74) is 1.03. The number of piperazine rings is 1. The van der Waals surface area contributed by atoms with Crippen LogP contribution >= 0.6 is 11.6 Å². The SMILES string of the molecule is CCOC(=O)C(C)Oc1cc(Cl)ccc1OCC(=O)N1C[C@H](C)N(Cc2ccc(F)cc2)C[C@H]1C. The molecule has 7 nitrogen and oxygen atoms in total. The van der Waals surface area contributed by atoms with Crippen LogP contribution in [0.5, 0.6) is 11.5 Å². The maximum Gasteiger partial charge on any atom is 0.347 e. The number of ether oxygens (including phenoxy) is 3. The van der Waals surface area contributed by atoms with E-state index in [1.807, 2.05) is 11.8 Å². The summed E-state index contributed by atoms with van der Waals surface area (Å²) in [6.07, 6.45) is -0.860. The Hall–Kier alpha value is -2.84. The first-order valence-corrected chi connectivity index (χ1v) is 12.1. The fourth-order valence-corrected chi connectivity index (χ4v) is 4.17. The van der Waals surface area contributed by atoms with E-state index < -0.39 is 12.1 Å². The molecule has 1 amide bonds. The van der Waals surface area contributed by atoms with Gasteiger partial charge in [-0.25, -0.2) is 9.18 Å². The van der Waals surface area contributed by atoms with Crippen molar-refractivity contribution in [1.29, 1.82) is 0 Å². The van der Waals surface area contributed by atoms with Crippen LogP contribution in [0.2, 0.25) is 5.02 Å². The second-order valence-corrected chi connectivity index (χ2v) is 9.13. The monoisotopic (exact) mass is 506 g/mol. The van der Waals surface area contributed by atoms with Gasteiger partial charge in [-0.3, -0.25) is 9.69 Å². The fraction of sp³-hybridized carbons (Fsp3) is 0.462. The van der Waals surface area contributed by atoms with E-state index in [1.165, 1.54) is 18.2 Å². The van der Waals surface area contributed by atoms with E-state index in [0.717, 1.165) is 5.56 Å². The predicted molar refractivity (Wildman–Crippen MR) is 131 cm³/mol. The molecule has 35 heavy (non-hydrogen) atoms. The van der Waals surface area contributed by atoms with Gasteiger partial charge in [0.15, 0.2) is 24.2 Å². The van der Waals surface area contributed by atoms with Crippen molar-refractivity contribution in [2.45, 2.75) is 52.4 Å². The summed E-state index contributed by atoms with van der Waals surface area (Å²) in [7, 11) is 0. The summed E-state index contributed by atoms with van der Waals surface area (Å²) in [4.78, 5) is 29.1. The summed E-state index contributed by atoms with van der Waals surface area (Å²) in [6, 6.07) is 11.4. The Morgan fingerprint density at radius 2 is 1.80 bits per heavy atom. The predicted octanol–water partition coefficient (Wildman–Crippen LogP) is 4.31. The molecule has 0 aliphatic carbocycles. The molecule has 3 rings (SSSR count). The smallest absolute Gasteiger partial charge is 0.347 e. The second kappa shape index (κ2) is 12.2. The Labute approximate surface area is 210 Å². The number of carbonyl (C=O) groups excluding carboxylic acids is 2. The van der Waals surface area contributed by atoms with Gasteiger partial charge < -0.3 is 19.1 Å². The Morgan fingerprint density at radius 3 is 2.49 bits per heavy atom. The van der Waals surface area contributed by atoms with Crippen molar-refractivity contribution in [1.82, 2.24) is 9.80 Å². The minimum absolute atomic E-state index is 0.0208. The maximum absolute atomic E-state index is 13.2. The van der Waals surface area contributed by atoms with E-state index in [0.29, 0.717) is 30.4 Å². The molecule has 0 bridgehead atoms. The van der Waals surface area contributed by atoms with Gasteiger partial charge in [0.25, 0.3) is 5.91 Å². The molecule has 3 atom stereocenters. The minimum atomic E-state index is -0.860. The Bertz CT molecular complexity index is 1020. The molecule has 1 saturated heterocycles. The zero-order chi connectivity index (χ0) is 25.5. The van der Waals surface area contributed by atoms with Crippen LogP contribution in [-0.2, 0) is 20.9 Å². The molecule has 0 radical (unpaired) electrons. The van der Waals surface area contributed by atoms with Crippen molar-refractivity contribution in [3.05, 3.63) is 58.9 Å². The van der Waals surface area contributed by atoms with E-state index in [9.17, 15) is 14.0 Å². The van der Waals surface area contributed by atoms with Gasteiger partial charge in [0, 0.05) is 42.8 Å². The quantitative estimate of drug-likeness (QED) is 0.472. The van der Waals surface area contributed by atoms with Gasteiger partial charge in [0.1, 0.15) is 5.82 Å². The van der Waals surface area contributed by atoms with Crippen LogP contribution < -0.4 is 9.47 Å². The van der Waals surface area contributed by atoms with Crippen LogP contribution in [0.3, 0.4) is 0 Å². The lowest BCUT2D eigenvalue weighted by atomic mass is 10.1. The normalized spacial score (nSPS) is 19.2. The Balaban J connectivity index is 1.59. The maximum atomic E-state index is 13.2. The van der Waals surface area contributed by atoms with E-state index in [4.69, 9.17) is 25.8 Å². The zero-order valence-electron chi connectivity index (χ0n) is 20.5. The lowest BCUT2D eigenvalue weighted by Crippen LogP contribution is -2.58. The average Bonchev–Trinajstić information content (AvgIpc) is 2.82. The van der Waals surface area contributed by atoms with Gasteiger partial charge in [-0.2, -0.15) is 0 Å². The van der Waals surface area contributed by atoms with Crippen LogP contribution in [0, 0.1) is 5.82 Å². The number of rotatable bonds is 9. The lowest BCUT2D eigenvalue weighted by Gasteiger charge is -2.44. The van der Waals surface area contributed by atoms with Gasteiger partial charge in [-0.05, 0) is 57.5 Å². The number of benzene rings is 2. The van der Waals surface area contributed by atoms with Gasteiger partial charge in [-0.1, -0.05) is 23.7 Å². The van der Waals surface area contributed by atoms with E-state index in [2.05, 4.69) is 11.8 Å². The average molecular weight is 507 g/mol. The molecule has 1 aliphatic heterocycles. The van der Waals surface area contributed by atoms with Crippen molar-refractivity contribution in [2.75, 3.05) is 26.3 Å². The molecular weight excluding hydrogens is 475 g/mol. The van der Waals surface area contributed by atoms with Crippen molar-refractivity contribution >= 4 is 23.5 Å². The van der Waals surface area contributed by atoms with Crippen molar-refractivity contribution < 1.29 is 28.2 Å². The summed E-state index contributed by atoms with van der Waals surface area (Å²) >= 11 is 6.09. The number of esters is 1. The van der Waals surface area contributed by atoms with E-state index in [-0.39, 0.29) is 42.8 Å². The summed E-state index contributed by atoms with van der Waals surface area (Å²) in [5, 5.41) is 0.412. The third-order valence-corrected chi connectivity index (χ3v) is 6.15. The van der Waals surface area contributed by atoms with Crippen LogP contribution in [0.15, 0.2) is 42.5 Å². The summed E-state index contributed by atoms with van der Waals surface area (Å²) in [6.45, 7) is 9.35. The highest BCUT2D eigenvalue weighted by atomic mass is 35.5. The van der Waals surface area contributed by atoms with E-state index >= 15 is 0 Å². The van der Waals surface area contributed by atoms with Gasteiger partial charge in [-0.15, -0.1) is 0 Å². The van der Waals surface area contributed by atoms with Crippen molar-refractivity contribution in [3.8, 4) is 11.5 Å². The first-order valence-electron chi connectivity index (χ1n) is 11.7. The topological polar surface area (TPSA) is 68.3 Å². The van der Waals surface area contributed by atoms with Crippen molar-refractivity contribution in [2.24, 2.45) is 0 Å². The number of hydrogen-bond donors (Lipinski definition) is 0. The first-order chi connectivity index (χ1) is 16.7. The minimum Gasteiger partial charge on any atom is -0.480 e. The third-order valence-electron chi connectivity index (χ3n) is 5.91. The number of carbonyl (C=O) groups is 2. The highest BCUT2D eigenvalue weighted by Gasteiger charge is 2.32. The third kappa shape index (κ3) is 7.32. The van der Waals surface area contributed by atoms with Crippen molar-refractivity contribution in [3.63, 3.8) is 0 Å². The molecule has 9 heteroatoms. The van der Waals surface area contributed by atoms with Crippen LogP contribution in [0.1, 0.15) is 33.3 Å². The van der Waals surface area contributed by atoms with Crippen LogP contribution in [0.4, 0.5) is 4.39 Å². The standard InChI is InChI=1S/C26H32ClFN2O5/c1-5-33-26(32)19(4)35-24-12-21(27)8-11-23(24)34-16-25(31)30-14-17(2)29(13-18(30)3)15-20-6-9-22(28)10-7-20/h6-12,17-19H,5,13-16H2,1-4H3/t17-,18+,19?/m0/s1. The molecule has 2 aromatic carbocycles. The highest BCUT2D eigenvalue weighted by Crippen LogP contribution is 2.31. The van der Waals surface area contributed by atoms with Crippen LogP contribution in [0.25, 0.3) is 0 Å². The molecule has 2 aromatic rings. The number of halogens is 2. The Kier molecular flexibility index (Phi) is 9.34. The molecule has 0 saturated carbocycles. The fourth-order valence-electron chi connectivity index (χ4n) is 4.00. The van der Waals surface area contributed by atoms with Gasteiger partial charge in [0.05, 0.1) is 6.61 Å². The Morgan fingerprint density at radius 1 is 1.09 bits per heavy atom. The molecule has 1 fully saturated rings. The van der Waals surface area contributed by atoms with Gasteiger partial charge in [0.2, 0.25) is 0 Å². The first kappa shape index (κ1) is 26.8.